The lowest BCUT2D eigenvalue weighted by atomic mass is 10.1. The Morgan fingerprint density at radius 1 is 1.32 bits per heavy atom. The van der Waals surface area contributed by atoms with Crippen LogP contribution in [0.4, 0.5) is 0 Å². The monoisotopic (exact) mass is 299 g/mol. The number of rotatable bonds is 3. The van der Waals surface area contributed by atoms with Gasteiger partial charge in [0, 0.05) is 25.8 Å². The van der Waals surface area contributed by atoms with Gasteiger partial charge in [-0.25, -0.2) is 0 Å². The van der Waals surface area contributed by atoms with Crippen LogP contribution in [0.1, 0.15) is 24.3 Å². The molecular weight excluding hydrogens is 282 g/mol. The normalized spacial score (nSPS) is 25.2. The highest BCUT2D eigenvalue weighted by atomic mass is 32.2. The summed E-state index contributed by atoms with van der Waals surface area (Å²) in [5, 5.41) is 9.07. The van der Waals surface area contributed by atoms with E-state index in [1.807, 2.05) is 11.8 Å². The lowest BCUT2D eigenvalue weighted by Gasteiger charge is -2.31. The standard InChI is InChI=1S/C12H17N3O2S2/c1-8-13-14-12(18-8)19-10-2-5-15(11(10)16)9-3-6-17-7-4-9/h9-10H,2-7H2,1H3. The Labute approximate surface area is 120 Å². The Balaban J connectivity index is 1.61. The number of likely N-dealkylation sites (tertiary alicyclic amines) is 1. The largest absolute Gasteiger partial charge is 0.381 e. The van der Waals surface area contributed by atoms with E-state index in [2.05, 4.69) is 10.2 Å². The number of ether oxygens (including phenoxy) is 1. The van der Waals surface area contributed by atoms with Gasteiger partial charge in [-0.05, 0) is 26.2 Å². The van der Waals surface area contributed by atoms with Crippen LogP contribution in [-0.2, 0) is 9.53 Å². The van der Waals surface area contributed by atoms with E-state index in [1.165, 1.54) is 0 Å². The van der Waals surface area contributed by atoms with Crippen molar-refractivity contribution in [3.05, 3.63) is 5.01 Å². The number of aryl methyl sites for hydroxylation is 1. The van der Waals surface area contributed by atoms with Crippen LogP contribution < -0.4 is 0 Å². The molecule has 2 fully saturated rings. The highest BCUT2D eigenvalue weighted by Crippen LogP contribution is 2.34. The van der Waals surface area contributed by atoms with Crippen LogP contribution in [0, 0.1) is 6.92 Å². The molecule has 3 rings (SSSR count). The van der Waals surface area contributed by atoms with E-state index in [9.17, 15) is 4.79 Å². The zero-order valence-corrected chi connectivity index (χ0v) is 12.5. The summed E-state index contributed by atoms with van der Waals surface area (Å²) in [6.07, 6.45) is 2.86. The summed E-state index contributed by atoms with van der Waals surface area (Å²) in [6, 6.07) is 0.378. The van der Waals surface area contributed by atoms with E-state index >= 15 is 0 Å². The van der Waals surface area contributed by atoms with E-state index in [1.54, 1.807) is 23.1 Å². The van der Waals surface area contributed by atoms with Gasteiger partial charge in [-0.3, -0.25) is 4.79 Å². The highest BCUT2D eigenvalue weighted by Gasteiger charge is 2.37. The molecule has 0 saturated carbocycles. The molecule has 3 heterocycles. The first-order valence-corrected chi connectivity index (χ1v) is 8.28. The fraction of sp³-hybridized carbons (Fsp3) is 0.750. The summed E-state index contributed by atoms with van der Waals surface area (Å²) in [5.41, 5.74) is 0. The Hall–Kier alpha value is -0.660. The van der Waals surface area contributed by atoms with Gasteiger partial charge in [0.2, 0.25) is 5.91 Å². The molecule has 104 valence electrons. The van der Waals surface area contributed by atoms with Crippen LogP contribution in [0.25, 0.3) is 0 Å². The van der Waals surface area contributed by atoms with Crippen molar-refractivity contribution in [2.24, 2.45) is 0 Å². The number of nitrogens with zero attached hydrogens (tertiary/aromatic N) is 3. The summed E-state index contributed by atoms with van der Waals surface area (Å²) in [5.74, 6) is 0.268. The fourth-order valence-electron chi connectivity index (χ4n) is 2.59. The third-order valence-corrected chi connectivity index (χ3v) is 5.75. The number of thioether (sulfide) groups is 1. The van der Waals surface area contributed by atoms with Gasteiger partial charge in [-0.15, -0.1) is 10.2 Å². The second kappa shape index (κ2) is 5.76. The molecule has 1 amide bonds. The molecule has 5 nitrogen and oxygen atoms in total. The Morgan fingerprint density at radius 3 is 2.79 bits per heavy atom. The molecule has 0 bridgehead atoms. The minimum absolute atomic E-state index is 0.0233. The van der Waals surface area contributed by atoms with Gasteiger partial charge in [0.1, 0.15) is 5.01 Å². The number of hydrogen-bond donors (Lipinski definition) is 0. The van der Waals surface area contributed by atoms with Gasteiger partial charge in [-0.1, -0.05) is 23.1 Å². The maximum absolute atomic E-state index is 12.4. The molecule has 1 atom stereocenters. The average Bonchev–Trinajstić information content (AvgIpc) is 2.99. The molecule has 0 aliphatic carbocycles. The van der Waals surface area contributed by atoms with Crippen molar-refractivity contribution >= 4 is 29.0 Å². The molecule has 0 N–H and O–H groups in total. The molecule has 2 aliphatic heterocycles. The van der Waals surface area contributed by atoms with Crippen molar-refractivity contribution in [2.75, 3.05) is 19.8 Å². The Bertz CT molecular complexity index is 460. The topological polar surface area (TPSA) is 55.3 Å². The van der Waals surface area contributed by atoms with Crippen LogP contribution in [0.3, 0.4) is 0 Å². The van der Waals surface area contributed by atoms with Crippen LogP contribution in [0.2, 0.25) is 0 Å². The van der Waals surface area contributed by atoms with Gasteiger partial charge >= 0.3 is 0 Å². The summed E-state index contributed by atoms with van der Waals surface area (Å²) < 4.78 is 6.27. The van der Waals surface area contributed by atoms with Gasteiger partial charge in [0.05, 0.1) is 5.25 Å². The maximum Gasteiger partial charge on any atom is 0.236 e. The summed E-state index contributed by atoms with van der Waals surface area (Å²) >= 11 is 3.13. The number of carbonyl (C=O) groups excluding carboxylic acids is 1. The first-order valence-electron chi connectivity index (χ1n) is 6.59. The predicted octanol–water partition coefficient (Wildman–Crippen LogP) is 1.72. The van der Waals surface area contributed by atoms with Crippen molar-refractivity contribution in [3.8, 4) is 0 Å². The SMILES string of the molecule is Cc1nnc(SC2CCN(C3CCOCC3)C2=O)s1. The molecule has 19 heavy (non-hydrogen) atoms. The quantitative estimate of drug-likeness (QED) is 0.850. The summed E-state index contributed by atoms with van der Waals surface area (Å²) in [4.78, 5) is 14.5. The molecule has 1 aromatic heterocycles. The second-order valence-corrected chi connectivity index (χ2v) is 7.49. The Kier molecular flexibility index (Phi) is 4.04. The number of hydrogen-bond acceptors (Lipinski definition) is 6. The van der Waals surface area contributed by atoms with E-state index < -0.39 is 0 Å². The molecular formula is C12H17N3O2S2. The third-order valence-electron chi connectivity index (χ3n) is 3.57. The van der Waals surface area contributed by atoms with Gasteiger partial charge in [0.15, 0.2) is 4.34 Å². The first kappa shape index (κ1) is 13.3. The van der Waals surface area contributed by atoms with Gasteiger partial charge in [-0.2, -0.15) is 0 Å². The smallest absolute Gasteiger partial charge is 0.236 e. The minimum atomic E-state index is 0.0233. The third kappa shape index (κ3) is 2.93. The first-order chi connectivity index (χ1) is 9.24. The molecule has 1 aromatic rings. The zero-order chi connectivity index (χ0) is 13.2. The van der Waals surface area contributed by atoms with E-state index in [0.717, 1.165) is 48.4 Å². The number of amides is 1. The van der Waals surface area contributed by atoms with Crippen LogP contribution >= 0.6 is 23.1 Å². The lowest BCUT2D eigenvalue weighted by molar-refractivity contribution is -0.130. The van der Waals surface area contributed by atoms with Crippen molar-refractivity contribution < 1.29 is 9.53 Å². The Morgan fingerprint density at radius 2 is 2.11 bits per heavy atom. The van der Waals surface area contributed by atoms with Crippen LogP contribution in [-0.4, -0.2) is 52.1 Å². The van der Waals surface area contributed by atoms with Crippen LogP contribution in [0.15, 0.2) is 4.34 Å². The van der Waals surface area contributed by atoms with Crippen molar-refractivity contribution in [1.82, 2.24) is 15.1 Å². The fourth-order valence-corrected chi connectivity index (χ4v) is 4.70. The van der Waals surface area contributed by atoms with Gasteiger partial charge in [0.25, 0.3) is 0 Å². The molecule has 0 aromatic carbocycles. The highest BCUT2D eigenvalue weighted by molar-refractivity contribution is 8.02. The molecule has 0 spiro atoms. The maximum atomic E-state index is 12.4. The molecule has 2 aliphatic rings. The lowest BCUT2D eigenvalue weighted by Crippen LogP contribution is -2.41. The second-order valence-electron chi connectivity index (χ2n) is 4.86. The minimum Gasteiger partial charge on any atom is -0.381 e. The number of aromatic nitrogens is 2. The predicted molar refractivity (Wildman–Crippen MR) is 74.5 cm³/mol. The van der Waals surface area contributed by atoms with Crippen molar-refractivity contribution in [3.63, 3.8) is 0 Å². The molecule has 1 unspecified atom stereocenters. The van der Waals surface area contributed by atoms with Crippen LogP contribution in [0.5, 0.6) is 0 Å². The van der Waals surface area contributed by atoms with Crippen molar-refractivity contribution in [2.45, 2.75) is 41.8 Å². The van der Waals surface area contributed by atoms with E-state index in [0.29, 0.717) is 6.04 Å². The zero-order valence-electron chi connectivity index (χ0n) is 10.9. The molecule has 2 saturated heterocycles. The molecule has 7 heteroatoms. The van der Waals surface area contributed by atoms with E-state index in [-0.39, 0.29) is 11.2 Å². The summed E-state index contributed by atoms with van der Waals surface area (Å²) in [6.45, 7) is 4.37. The average molecular weight is 299 g/mol. The molecule has 0 radical (unpaired) electrons. The van der Waals surface area contributed by atoms with E-state index in [4.69, 9.17) is 4.74 Å². The van der Waals surface area contributed by atoms with Crippen molar-refractivity contribution in [1.29, 1.82) is 0 Å². The summed E-state index contributed by atoms with van der Waals surface area (Å²) in [7, 11) is 0. The van der Waals surface area contributed by atoms with Gasteiger partial charge < -0.3 is 9.64 Å². The number of carbonyl (C=O) groups is 1.